The third-order valence-corrected chi connectivity index (χ3v) is 5.67. The van der Waals surface area contributed by atoms with Gasteiger partial charge in [0.1, 0.15) is 0 Å². The molecule has 0 radical (unpaired) electrons. The number of rotatable bonds is 3. The summed E-state index contributed by atoms with van der Waals surface area (Å²) in [7, 11) is 2.07. The lowest BCUT2D eigenvalue weighted by Crippen LogP contribution is -2.43. The zero-order chi connectivity index (χ0) is 13.2. The highest BCUT2D eigenvalue weighted by molar-refractivity contribution is 8.00. The fourth-order valence-electron chi connectivity index (χ4n) is 2.68. The van der Waals surface area contributed by atoms with Crippen LogP contribution in [-0.2, 0) is 0 Å². The Morgan fingerprint density at radius 2 is 2.06 bits per heavy atom. The minimum absolute atomic E-state index is 0.451. The first kappa shape index (κ1) is 14.2. The van der Waals surface area contributed by atoms with Crippen molar-refractivity contribution in [1.82, 2.24) is 5.32 Å². The summed E-state index contributed by atoms with van der Waals surface area (Å²) >= 11 is 8.20. The van der Waals surface area contributed by atoms with E-state index in [9.17, 15) is 0 Å². The van der Waals surface area contributed by atoms with Gasteiger partial charge in [0.2, 0.25) is 0 Å². The fraction of sp³-hybridized carbons (Fsp3) is 0.600. The molecule has 0 aliphatic heterocycles. The van der Waals surface area contributed by atoms with Crippen molar-refractivity contribution in [3.05, 3.63) is 29.3 Å². The van der Waals surface area contributed by atoms with E-state index in [0.29, 0.717) is 16.7 Å². The van der Waals surface area contributed by atoms with Crippen molar-refractivity contribution < 1.29 is 0 Å². The lowest BCUT2D eigenvalue weighted by Gasteiger charge is -2.40. The maximum Gasteiger partial charge on any atom is 0.0541 e. The van der Waals surface area contributed by atoms with E-state index in [1.54, 1.807) is 0 Å². The predicted octanol–water partition coefficient (Wildman–Crippen LogP) is 4.60. The molecule has 1 aromatic rings. The Hall–Kier alpha value is -0.180. The van der Waals surface area contributed by atoms with Gasteiger partial charge in [0.25, 0.3) is 0 Å². The molecule has 18 heavy (non-hydrogen) atoms. The van der Waals surface area contributed by atoms with Crippen LogP contribution in [0.2, 0.25) is 5.02 Å². The Balaban J connectivity index is 2.12. The van der Waals surface area contributed by atoms with Gasteiger partial charge in [-0.1, -0.05) is 37.6 Å². The fourth-order valence-corrected chi connectivity index (χ4v) is 4.58. The van der Waals surface area contributed by atoms with E-state index in [2.05, 4.69) is 38.3 Å². The standard InChI is InChI=1S/C15H22ClNS/c1-15(2)9-8-12(17-3)14(10-15)18-13-7-5-4-6-11(13)16/h4-7,12,14,17H,8-10H2,1-3H3. The van der Waals surface area contributed by atoms with Crippen LogP contribution in [0.1, 0.15) is 33.1 Å². The van der Waals surface area contributed by atoms with Gasteiger partial charge < -0.3 is 5.32 Å². The molecule has 0 spiro atoms. The molecule has 1 nitrogen and oxygen atoms in total. The summed E-state index contributed by atoms with van der Waals surface area (Å²) in [6.07, 6.45) is 3.80. The van der Waals surface area contributed by atoms with E-state index in [-0.39, 0.29) is 0 Å². The molecule has 2 rings (SSSR count). The molecule has 1 saturated carbocycles. The van der Waals surface area contributed by atoms with Gasteiger partial charge in [-0.25, -0.2) is 0 Å². The van der Waals surface area contributed by atoms with Gasteiger partial charge in [0.05, 0.1) is 5.02 Å². The number of benzene rings is 1. The minimum atomic E-state index is 0.451. The van der Waals surface area contributed by atoms with Crippen molar-refractivity contribution in [2.24, 2.45) is 5.41 Å². The molecule has 0 bridgehead atoms. The normalized spacial score (nSPS) is 27.1. The minimum Gasteiger partial charge on any atom is -0.316 e. The lowest BCUT2D eigenvalue weighted by molar-refractivity contribution is 0.218. The van der Waals surface area contributed by atoms with Crippen LogP contribution < -0.4 is 5.32 Å². The zero-order valence-electron chi connectivity index (χ0n) is 11.4. The number of halogens is 1. The van der Waals surface area contributed by atoms with Crippen molar-refractivity contribution in [1.29, 1.82) is 0 Å². The van der Waals surface area contributed by atoms with Crippen molar-refractivity contribution in [2.45, 2.75) is 49.3 Å². The smallest absolute Gasteiger partial charge is 0.0541 e. The van der Waals surface area contributed by atoms with Gasteiger partial charge in [0.15, 0.2) is 0 Å². The topological polar surface area (TPSA) is 12.0 Å². The maximum atomic E-state index is 6.26. The Labute approximate surface area is 120 Å². The molecule has 1 N–H and O–H groups in total. The van der Waals surface area contributed by atoms with Gasteiger partial charge >= 0.3 is 0 Å². The second-order valence-corrected chi connectivity index (χ2v) is 7.58. The van der Waals surface area contributed by atoms with E-state index in [4.69, 9.17) is 11.6 Å². The van der Waals surface area contributed by atoms with Crippen LogP contribution in [-0.4, -0.2) is 18.3 Å². The summed E-state index contributed by atoms with van der Waals surface area (Å²) in [5, 5.41) is 4.95. The SMILES string of the molecule is CNC1CCC(C)(C)CC1Sc1ccccc1Cl. The summed E-state index contributed by atoms with van der Waals surface area (Å²) in [6, 6.07) is 8.76. The highest BCUT2D eigenvalue weighted by Gasteiger charge is 2.34. The van der Waals surface area contributed by atoms with Gasteiger partial charge in [0, 0.05) is 16.2 Å². The largest absolute Gasteiger partial charge is 0.316 e. The second-order valence-electron chi connectivity index (χ2n) is 5.89. The Kier molecular flexibility index (Phi) is 4.63. The van der Waals surface area contributed by atoms with Gasteiger partial charge in [-0.05, 0) is 43.9 Å². The number of thioether (sulfide) groups is 1. The molecule has 3 heteroatoms. The predicted molar refractivity (Wildman–Crippen MR) is 81.6 cm³/mol. The maximum absolute atomic E-state index is 6.26. The van der Waals surface area contributed by atoms with Crippen molar-refractivity contribution in [3.8, 4) is 0 Å². The van der Waals surface area contributed by atoms with Crippen LogP contribution in [0.5, 0.6) is 0 Å². The summed E-state index contributed by atoms with van der Waals surface area (Å²) in [4.78, 5) is 1.21. The second kappa shape index (κ2) is 5.85. The monoisotopic (exact) mass is 283 g/mol. The first-order valence-electron chi connectivity index (χ1n) is 6.60. The van der Waals surface area contributed by atoms with Crippen LogP contribution in [0.4, 0.5) is 0 Å². The zero-order valence-corrected chi connectivity index (χ0v) is 12.9. The van der Waals surface area contributed by atoms with E-state index in [1.165, 1.54) is 24.2 Å². The Morgan fingerprint density at radius 3 is 2.72 bits per heavy atom. The first-order valence-corrected chi connectivity index (χ1v) is 7.86. The molecule has 1 aliphatic rings. The van der Waals surface area contributed by atoms with Crippen LogP contribution in [0, 0.1) is 5.41 Å². The summed E-state index contributed by atoms with van der Waals surface area (Å²) in [6.45, 7) is 4.75. The van der Waals surface area contributed by atoms with E-state index >= 15 is 0 Å². The van der Waals surface area contributed by atoms with Crippen molar-refractivity contribution in [3.63, 3.8) is 0 Å². The van der Waals surface area contributed by atoms with E-state index in [1.807, 2.05) is 23.9 Å². The summed E-state index contributed by atoms with van der Waals surface area (Å²) < 4.78 is 0. The number of hydrogen-bond acceptors (Lipinski definition) is 2. The molecule has 0 amide bonds. The molecule has 2 unspecified atom stereocenters. The molecule has 1 aromatic carbocycles. The molecule has 1 aliphatic carbocycles. The quantitative estimate of drug-likeness (QED) is 0.870. The molecular weight excluding hydrogens is 262 g/mol. The molecule has 2 atom stereocenters. The van der Waals surface area contributed by atoms with E-state index < -0.39 is 0 Å². The summed E-state index contributed by atoms with van der Waals surface area (Å²) in [5.74, 6) is 0. The molecule has 100 valence electrons. The molecule has 0 aromatic heterocycles. The third kappa shape index (κ3) is 3.43. The van der Waals surface area contributed by atoms with E-state index in [0.717, 1.165) is 5.02 Å². The number of nitrogens with one attached hydrogen (secondary N) is 1. The third-order valence-electron chi connectivity index (χ3n) is 3.82. The van der Waals surface area contributed by atoms with Crippen molar-refractivity contribution >= 4 is 23.4 Å². The molecule has 0 heterocycles. The lowest BCUT2D eigenvalue weighted by atomic mass is 9.75. The van der Waals surface area contributed by atoms with Gasteiger partial charge in [-0.15, -0.1) is 11.8 Å². The Morgan fingerprint density at radius 1 is 1.33 bits per heavy atom. The van der Waals surface area contributed by atoms with Gasteiger partial charge in [-0.2, -0.15) is 0 Å². The first-order chi connectivity index (χ1) is 8.52. The highest BCUT2D eigenvalue weighted by Crippen LogP contribution is 2.43. The summed E-state index contributed by atoms with van der Waals surface area (Å²) in [5.41, 5.74) is 0.451. The number of hydrogen-bond donors (Lipinski definition) is 1. The molecule has 0 saturated heterocycles. The highest BCUT2D eigenvalue weighted by atomic mass is 35.5. The molecular formula is C15H22ClNS. The average Bonchev–Trinajstić information content (AvgIpc) is 2.31. The van der Waals surface area contributed by atoms with Crippen LogP contribution in [0.25, 0.3) is 0 Å². The van der Waals surface area contributed by atoms with Crippen molar-refractivity contribution in [2.75, 3.05) is 7.05 Å². The molecule has 1 fully saturated rings. The average molecular weight is 284 g/mol. The van der Waals surface area contributed by atoms with Crippen LogP contribution in [0.15, 0.2) is 29.2 Å². The van der Waals surface area contributed by atoms with Crippen LogP contribution >= 0.6 is 23.4 Å². The van der Waals surface area contributed by atoms with Gasteiger partial charge in [-0.3, -0.25) is 0 Å². The Bertz CT molecular complexity index is 405. The van der Waals surface area contributed by atoms with Crippen LogP contribution in [0.3, 0.4) is 0 Å².